The Morgan fingerprint density at radius 3 is 1.10 bits per heavy atom. The molecule has 2 aliphatic rings. The normalized spacial score (nSPS) is 34.2. The van der Waals surface area contributed by atoms with Crippen LogP contribution in [0.25, 0.3) is 0 Å². The van der Waals surface area contributed by atoms with E-state index in [0.29, 0.717) is 0 Å². The molecule has 0 aromatic heterocycles. The average Bonchev–Trinajstić information content (AvgIpc) is 2.55. The van der Waals surface area contributed by atoms with E-state index in [9.17, 15) is 0 Å². The first-order chi connectivity index (χ1) is 9.74. The van der Waals surface area contributed by atoms with Crippen LogP contribution in [0.1, 0.15) is 105 Å². The zero-order chi connectivity index (χ0) is 14.8. The van der Waals surface area contributed by atoms with Crippen LogP contribution in [0.3, 0.4) is 0 Å². The molecule has 2 fully saturated rings. The van der Waals surface area contributed by atoms with Crippen LogP contribution < -0.4 is 0 Å². The van der Waals surface area contributed by atoms with Crippen molar-refractivity contribution in [3.05, 3.63) is 0 Å². The lowest BCUT2D eigenvalue weighted by Crippen LogP contribution is -2.17. The molecular formula is C20H40. The molecule has 0 aromatic carbocycles. The van der Waals surface area contributed by atoms with Gasteiger partial charge in [0.05, 0.1) is 0 Å². The highest BCUT2D eigenvalue weighted by molar-refractivity contribution is 4.73. The van der Waals surface area contributed by atoms with Gasteiger partial charge in [0.25, 0.3) is 0 Å². The molecule has 0 spiro atoms. The summed E-state index contributed by atoms with van der Waals surface area (Å²) in [5.74, 6) is 4.28. The van der Waals surface area contributed by atoms with E-state index in [1.54, 1.807) is 0 Å². The smallest absolute Gasteiger partial charge is 0.0389 e. The van der Waals surface area contributed by atoms with E-state index >= 15 is 0 Å². The van der Waals surface area contributed by atoms with Crippen molar-refractivity contribution in [3.8, 4) is 0 Å². The SMILES string of the molecule is CCC1CCC(CC)CC1.CCC1CCCCC1CC. The largest absolute Gasteiger partial charge is 0.0651 e. The maximum Gasteiger partial charge on any atom is -0.0389 e. The fraction of sp³-hybridized carbons (Fsp3) is 1.00. The summed E-state index contributed by atoms with van der Waals surface area (Å²) in [5.41, 5.74) is 0. The van der Waals surface area contributed by atoms with Gasteiger partial charge in [0.1, 0.15) is 0 Å². The van der Waals surface area contributed by atoms with Gasteiger partial charge in [0, 0.05) is 0 Å². The second kappa shape index (κ2) is 10.7. The Morgan fingerprint density at radius 2 is 0.850 bits per heavy atom. The lowest BCUT2D eigenvalue weighted by molar-refractivity contribution is 0.224. The molecule has 0 aliphatic heterocycles. The Kier molecular flexibility index (Phi) is 9.65. The second-order valence-electron chi connectivity index (χ2n) is 7.32. The molecule has 0 amide bonds. The summed E-state index contributed by atoms with van der Waals surface area (Å²) in [5, 5.41) is 0. The van der Waals surface area contributed by atoms with E-state index in [-0.39, 0.29) is 0 Å². The van der Waals surface area contributed by atoms with Crippen LogP contribution >= 0.6 is 0 Å². The van der Waals surface area contributed by atoms with Crippen LogP contribution in [0.5, 0.6) is 0 Å². The molecule has 0 radical (unpaired) electrons. The summed E-state index contributed by atoms with van der Waals surface area (Å²) in [6.45, 7) is 9.35. The standard InChI is InChI=1S/2C10H20/c1-3-9-5-7-10(4-2)8-6-9;1-3-9-7-5-6-8-10(9)4-2/h2*9-10H,3-8H2,1-2H3. The summed E-state index contributed by atoms with van der Waals surface area (Å²) < 4.78 is 0. The number of hydrogen-bond donors (Lipinski definition) is 0. The zero-order valence-electron chi connectivity index (χ0n) is 14.8. The zero-order valence-corrected chi connectivity index (χ0v) is 14.8. The quantitative estimate of drug-likeness (QED) is 0.509. The van der Waals surface area contributed by atoms with Crippen LogP contribution in [0.15, 0.2) is 0 Å². The van der Waals surface area contributed by atoms with Crippen LogP contribution in [-0.4, -0.2) is 0 Å². The highest BCUT2D eigenvalue weighted by Crippen LogP contribution is 2.34. The maximum atomic E-state index is 2.35. The maximum absolute atomic E-state index is 2.35. The fourth-order valence-electron chi connectivity index (χ4n) is 4.41. The van der Waals surface area contributed by atoms with Crippen LogP contribution in [0, 0.1) is 23.7 Å². The molecule has 2 aliphatic carbocycles. The molecule has 0 aromatic rings. The van der Waals surface area contributed by atoms with Crippen molar-refractivity contribution in [1.82, 2.24) is 0 Å². The molecule has 2 rings (SSSR count). The van der Waals surface area contributed by atoms with Crippen molar-refractivity contribution in [3.63, 3.8) is 0 Å². The van der Waals surface area contributed by atoms with Crippen LogP contribution in [0.4, 0.5) is 0 Å². The Hall–Kier alpha value is 0. The minimum atomic E-state index is 1.07. The highest BCUT2D eigenvalue weighted by Gasteiger charge is 2.21. The second-order valence-corrected chi connectivity index (χ2v) is 7.32. The summed E-state index contributed by atoms with van der Waals surface area (Å²) in [7, 11) is 0. The van der Waals surface area contributed by atoms with E-state index in [4.69, 9.17) is 0 Å². The van der Waals surface area contributed by atoms with Gasteiger partial charge >= 0.3 is 0 Å². The molecule has 2 unspecified atom stereocenters. The highest BCUT2D eigenvalue weighted by atomic mass is 14.3. The third kappa shape index (κ3) is 6.19. The van der Waals surface area contributed by atoms with Crippen molar-refractivity contribution in [1.29, 1.82) is 0 Å². The first kappa shape index (κ1) is 18.1. The third-order valence-corrected chi connectivity index (χ3v) is 6.24. The van der Waals surface area contributed by atoms with Crippen LogP contribution in [-0.2, 0) is 0 Å². The molecule has 0 heteroatoms. The summed E-state index contributed by atoms with van der Waals surface area (Å²) >= 11 is 0. The lowest BCUT2D eigenvalue weighted by atomic mass is 9.77. The van der Waals surface area contributed by atoms with Crippen molar-refractivity contribution in [2.75, 3.05) is 0 Å². The van der Waals surface area contributed by atoms with Gasteiger partial charge in [-0.25, -0.2) is 0 Å². The van der Waals surface area contributed by atoms with Gasteiger partial charge in [0.15, 0.2) is 0 Å². The fourth-order valence-corrected chi connectivity index (χ4v) is 4.41. The monoisotopic (exact) mass is 280 g/mol. The Bertz CT molecular complexity index is 188. The minimum Gasteiger partial charge on any atom is -0.0651 e. The van der Waals surface area contributed by atoms with E-state index in [0.717, 1.165) is 23.7 Å². The molecular weight excluding hydrogens is 240 g/mol. The first-order valence-corrected chi connectivity index (χ1v) is 9.74. The van der Waals surface area contributed by atoms with Gasteiger partial charge in [-0.15, -0.1) is 0 Å². The number of hydrogen-bond acceptors (Lipinski definition) is 0. The molecule has 0 heterocycles. The summed E-state index contributed by atoms with van der Waals surface area (Å²) in [6, 6.07) is 0. The third-order valence-electron chi connectivity index (χ3n) is 6.24. The van der Waals surface area contributed by atoms with Crippen molar-refractivity contribution >= 4 is 0 Å². The number of rotatable bonds is 4. The Balaban J connectivity index is 0.000000200. The van der Waals surface area contributed by atoms with E-state index in [1.165, 1.54) is 77.0 Å². The molecule has 0 N–H and O–H groups in total. The first-order valence-electron chi connectivity index (χ1n) is 9.74. The molecule has 2 saturated carbocycles. The van der Waals surface area contributed by atoms with Gasteiger partial charge < -0.3 is 0 Å². The van der Waals surface area contributed by atoms with E-state index in [1.807, 2.05) is 0 Å². The summed E-state index contributed by atoms with van der Waals surface area (Å²) in [4.78, 5) is 0. The lowest BCUT2D eigenvalue weighted by Gasteiger charge is -2.29. The topological polar surface area (TPSA) is 0 Å². The molecule has 2 atom stereocenters. The molecule has 0 nitrogen and oxygen atoms in total. The van der Waals surface area contributed by atoms with Crippen molar-refractivity contribution < 1.29 is 0 Å². The van der Waals surface area contributed by atoms with Crippen molar-refractivity contribution in [2.24, 2.45) is 23.7 Å². The van der Waals surface area contributed by atoms with Gasteiger partial charge in [-0.05, 0) is 23.7 Å². The van der Waals surface area contributed by atoms with Gasteiger partial charge in [-0.3, -0.25) is 0 Å². The molecule has 20 heavy (non-hydrogen) atoms. The minimum absolute atomic E-state index is 1.07. The molecule has 120 valence electrons. The predicted octanol–water partition coefficient (Wildman–Crippen LogP) is 7.23. The van der Waals surface area contributed by atoms with Crippen LogP contribution in [0.2, 0.25) is 0 Å². The summed E-state index contributed by atoms with van der Waals surface area (Å²) in [6.07, 6.45) is 17.7. The van der Waals surface area contributed by atoms with Gasteiger partial charge in [-0.2, -0.15) is 0 Å². The average molecular weight is 281 g/mol. The van der Waals surface area contributed by atoms with Crippen molar-refractivity contribution in [2.45, 2.75) is 105 Å². The Labute approximate surface area is 129 Å². The molecule has 0 saturated heterocycles. The Morgan fingerprint density at radius 1 is 0.500 bits per heavy atom. The van der Waals surface area contributed by atoms with E-state index < -0.39 is 0 Å². The predicted molar refractivity (Wildman–Crippen MR) is 92.1 cm³/mol. The van der Waals surface area contributed by atoms with Gasteiger partial charge in [0.2, 0.25) is 0 Å². The molecule has 0 bridgehead atoms. The van der Waals surface area contributed by atoms with Gasteiger partial charge in [-0.1, -0.05) is 105 Å². The van der Waals surface area contributed by atoms with E-state index in [2.05, 4.69) is 27.7 Å².